The number of hydrogen-bond donors (Lipinski definition) is 2. The molecule has 0 bridgehead atoms. The minimum absolute atomic E-state index is 0.0635. The van der Waals surface area contributed by atoms with Crippen LogP contribution in [0.25, 0.3) is 0 Å². The number of carbonyl (C=O) groups is 3. The molecule has 23 heavy (non-hydrogen) atoms. The van der Waals surface area contributed by atoms with Gasteiger partial charge in [0.2, 0.25) is 5.91 Å². The summed E-state index contributed by atoms with van der Waals surface area (Å²) in [6.45, 7) is 1.59. The highest BCUT2D eigenvalue weighted by atomic mass is 16.5. The van der Waals surface area contributed by atoms with E-state index in [4.69, 9.17) is 4.74 Å². The molecule has 1 aromatic heterocycles. The average Bonchev–Trinajstić information content (AvgIpc) is 3.07. The van der Waals surface area contributed by atoms with E-state index >= 15 is 0 Å². The lowest BCUT2D eigenvalue weighted by Gasteiger charge is -2.06. The van der Waals surface area contributed by atoms with Crippen molar-refractivity contribution in [1.82, 2.24) is 4.98 Å². The number of anilines is 1. The number of carbonyl (C=O) groups excluding carboxylic acids is 3. The van der Waals surface area contributed by atoms with Crippen LogP contribution in [0.3, 0.4) is 0 Å². The van der Waals surface area contributed by atoms with Crippen molar-refractivity contribution in [2.75, 3.05) is 11.9 Å². The molecule has 0 fully saturated rings. The Morgan fingerprint density at radius 3 is 2.48 bits per heavy atom. The highest BCUT2D eigenvalue weighted by molar-refractivity contribution is 5.99. The number of hydrogen-bond acceptors (Lipinski definition) is 4. The maximum absolute atomic E-state index is 12.0. The number of ether oxygens (including phenoxy) is 1. The molecule has 6 nitrogen and oxygen atoms in total. The van der Waals surface area contributed by atoms with Gasteiger partial charge in [0.15, 0.2) is 12.4 Å². The Hall–Kier alpha value is -2.89. The number of H-pyrrole nitrogens is 1. The van der Waals surface area contributed by atoms with E-state index in [1.54, 1.807) is 42.6 Å². The molecule has 1 heterocycles. The van der Waals surface area contributed by atoms with Crippen LogP contribution in [0.15, 0.2) is 42.6 Å². The highest BCUT2D eigenvalue weighted by Gasteiger charge is 2.12. The zero-order valence-corrected chi connectivity index (χ0v) is 12.8. The number of benzene rings is 1. The first-order valence-electron chi connectivity index (χ1n) is 7.33. The molecule has 1 amide bonds. The summed E-state index contributed by atoms with van der Waals surface area (Å²) in [5, 5.41) is 2.74. The maximum atomic E-state index is 12.0. The molecule has 0 saturated carbocycles. The van der Waals surface area contributed by atoms with E-state index in [1.807, 2.05) is 6.92 Å². The van der Waals surface area contributed by atoms with Crippen LogP contribution in [0, 0.1) is 0 Å². The number of esters is 1. The average molecular weight is 314 g/mol. The molecule has 0 radical (unpaired) electrons. The first-order valence-corrected chi connectivity index (χ1v) is 7.33. The van der Waals surface area contributed by atoms with E-state index in [0.717, 1.165) is 6.42 Å². The second-order valence-corrected chi connectivity index (χ2v) is 4.96. The third-order valence-corrected chi connectivity index (χ3v) is 3.12. The molecule has 1 aromatic carbocycles. The molecule has 2 rings (SSSR count). The van der Waals surface area contributed by atoms with Crippen molar-refractivity contribution in [2.45, 2.75) is 19.8 Å². The largest absolute Gasteiger partial charge is 0.453 e. The fraction of sp³-hybridized carbons (Fsp3) is 0.235. The second kappa shape index (κ2) is 7.93. The molecule has 0 aliphatic rings. The molecule has 120 valence electrons. The predicted molar refractivity (Wildman–Crippen MR) is 85.4 cm³/mol. The van der Waals surface area contributed by atoms with E-state index in [-0.39, 0.29) is 18.3 Å². The zero-order valence-electron chi connectivity index (χ0n) is 12.8. The van der Waals surface area contributed by atoms with Gasteiger partial charge in [0.25, 0.3) is 0 Å². The fourth-order valence-corrected chi connectivity index (χ4v) is 1.94. The van der Waals surface area contributed by atoms with Crippen LogP contribution in [-0.4, -0.2) is 29.3 Å². The van der Waals surface area contributed by atoms with Gasteiger partial charge in [0, 0.05) is 23.9 Å². The molecular formula is C17H18N2O4. The topological polar surface area (TPSA) is 88.3 Å². The van der Waals surface area contributed by atoms with Crippen LogP contribution in [-0.2, 0) is 9.53 Å². The summed E-state index contributed by atoms with van der Waals surface area (Å²) in [4.78, 5) is 37.8. The van der Waals surface area contributed by atoms with E-state index in [1.165, 1.54) is 0 Å². The van der Waals surface area contributed by atoms with Crippen molar-refractivity contribution in [3.05, 3.63) is 53.9 Å². The number of aromatic amines is 1. The van der Waals surface area contributed by atoms with E-state index in [9.17, 15) is 14.4 Å². The Morgan fingerprint density at radius 1 is 1.13 bits per heavy atom. The third-order valence-electron chi connectivity index (χ3n) is 3.12. The van der Waals surface area contributed by atoms with Crippen molar-refractivity contribution >= 4 is 23.3 Å². The van der Waals surface area contributed by atoms with Gasteiger partial charge >= 0.3 is 5.97 Å². The Kier molecular flexibility index (Phi) is 5.68. The Labute approximate surface area is 133 Å². The standard InChI is InChI=1S/C17H18N2O4/c1-2-4-16(21)19-13-8-6-12(7-9-13)15(20)11-23-17(22)14-5-3-10-18-14/h3,5-10,18H,2,4,11H2,1H3,(H,19,21). The smallest absolute Gasteiger partial charge is 0.355 e. The molecule has 0 atom stereocenters. The van der Waals surface area contributed by atoms with Crippen LogP contribution in [0.2, 0.25) is 0 Å². The molecule has 0 unspecified atom stereocenters. The summed E-state index contributed by atoms with van der Waals surface area (Å²) in [5.41, 5.74) is 1.34. The summed E-state index contributed by atoms with van der Waals surface area (Å²) in [5.74, 6) is -0.949. The quantitative estimate of drug-likeness (QED) is 0.607. The minimum atomic E-state index is -0.577. The van der Waals surface area contributed by atoms with Crippen LogP contribution in [0.1, 0.15) is 40.6 Å². The lowest BCUT2D eigenvalue weighted by molar-refractivity contribution is -0.116. The molecule has 0 aliphatic heterocycles. The highest BCUT2D eigenvalue weighted by Crippen LogP contribution is 2.11. The van der Waals surface area contributed by atoms with Gasteiger partial charge in [-0.15, -0.1) is 0 Å². The normalized spacial score (nSPS) is 10.1. The minimum Gasteiger partial charge on any atom is -0.453 e. The van der Waals surface area contributed by atoms with Gasteiger partial charge in [-0.1, -0.05) is 6.92 Å². The van der Waals surface area contributed by atoms with Gasteiger partial charge < -0.3 is 15.0 Å². The molecule has 0 saturated heterocycles. The van der Waals surface area contributed by atoms with Crippen LogP contribution < -0.4 is 5.32 Å². The van der Waals surface area contributed by atoms with Crippen LogP contribution in [0.4, 0.5) is 5.69 Å². The van der Waals surface area contributed by atoms with Crippen LogP contribution >= 0.6 is 0 Å². The van der Waals surface area contributed by atoms with Gasteiger partial charge in [-0.05, 0) is 42.8 Å². The third kappa shape index (κ3) is 4.81. The summed E-state index contributed by atoms with van der Waals surface area (Å²) < 4.78 is 4.94. The van der Waals surface area contributed by atoms with Gasteiger partial charge in [-0.3, -0.25) is 9.59 Å². The number of Topliss-reactive ketones (excluding diaryl/α,β-unsaturated/α-hetero) is 1. The SMILES string of the molecule is CCCC(=O)Nc1ccc(C(=O)COC(=O)c2ccc[nH]2)cc1. The zero-order chi connectivity index (χ0) is 16.7. The van der Waals surface area contributed by atoms with Gasteiger partial charge in [-0.25, -0.2) is 4.79 Å². The van der Waals surface area contributed by atoms with E-state index in [2.05, 4.69) is 10.3 Å². The molecule has 2 aromatic rings. The van der Waals surface area contributed by atoms with Crippen molar-refractivity contribution in [1.29, 1.82) is 0 Å². The van der Waals surface area contributed by atoms with Crippen molar-refractivity contribution in [2.24, 2.45) is 0 Å². The van der Waals surface area contributed by atoms with Crippen molar-refractivity contribution in [3.8, 4) is 0 Å². The monoisotopic (exact) mass is 314 g/mol. The Balaban J connectivity index is 1.87. The summed E-state index contributed by atoms with van der Waals surface area (Å²) in [6.07, 6.45) is 2.83. The number of nitrogens with one attached hydrogen (secondary N) is 2. The first kappa shape index (κ1) is 16.5. The second-order valence-electron chi connectivity index (χ2n) is 4.96. The number of amides is 1. The number of rotatable bonds is 7. The lowest BCUT2D eigenvalue weighted by atomic mass is 10.1. The van der Waals surface area contributed by atoms with Gasteiger partial charge in [-0.2, -0.15) is 0 Å². The molecule has 0 spiro atoms. The predicted octanol–water partition coefficient (Wildman–Crippen LogP) is 2.79. The van der Waals surface area contributed by atoms with E-state index in [0.29, 0.717) is 23.4 Å². The van der Waals surface area contributed by atoms with Gasteiger partial charge in [0.05, 0.1) is 0 Å². The molecule has 6 heteroatoms. The van der Waals surface area contributed by atoms with Crippen molar-refractivity contribution < 1.29 is 19.1 Å². The maximum Gasteiger partial charge on any atom is 0.355 e. The lowest BCUT2D eigenvalue weighted by Crippen LogP contribution is -2.15. The Bertz CT molecular complexity index is 675. The van der Waals surface area contributed by atoms with Crippen LogP contribution in [0.5, 0.6) is 0 Å². The first-order chi connectivity index (χ1) is 11.1. The summed E-state index contributed by atoms with van der Waals surface area (Å²) >= 11 is 0. The molecule has 2 N–H and O–H groups in total. The number of aromatic nitrogens is 1. The van der Waals surface area contributed by atoms with Gasteiger partial charge in [0.1, 0.15) is 5.69 Å². The fourth-order valence-electron chi connectivity index (χ4n) is 1.94. The van der Waals surface area contributed by atoms with Crippen molar-refractivity contribution in [3.63, 3.8) is 0 Å². The summed E-state index contributed by atoms with van der Waals surface area (Å²) in [7, 11) is 0. The summed E-state index contributed by atoms with van der Waals surface area (Å²) in [6, 6.07) is 9.71. The van der Waals surface area contributed by atoms with E-state index < -0.39 is 5.97 Å². The number of ketones is 1. The molecule has 0 aliphatic carbocycles. The molecular weight excluding hydrogens is 296 g/mol. The Morgan fingerprint density at radius 2 is 1.87 bits per heavy atom.